The van der Waals surface area contributed by atoms with Crippen molar-refractivity contribution in [3.05, 3.63) is 35.4 Å². The number of methoxy groups -OCH3 is 1. The maximum Gasteiger partial charge on any atom is 0.309 e. The Balaban J connectivity index is 0.00000196. The van der Waals surface area contributed by atoms with Gasteiger partial charge in [-0.3, -0.25) is 4.79 Å². The Morgan fingerprint density at radius 2 is 2.07 bits per heavy atom. The van der Waals surface area contributed by atoms with Crippen LogP contribution in [0.25, 0.3) is 0 Å². The van der Waals surface area contributed by atoms with E-state index in [2.05, 4.69) is 4.74 Å². The van der Waals surface area contributed by atoms with Gasteiger partial charge >= 0.3 is 5.97 Å². The van der Waals surface area contributed by atoms with Crippen LogP contribution in [0.3, 0.4) is 0 Å². The maximum atomic E-state index is 11.0. The quantitative estimate of drug-likeness (QED) is 0.793. The number of carbonyl (C=O) groups is 1. The van der Waals surface area contributed by atoms with Gasteiger partial charge in [0.05, 0.1) is 13.5 Å². The summed E-state index contributed by atoms with van der Waals surface area (Å²) in [5.74, 6) is -0.213. The Morgan fingerprint density at radius 3 is 2.67 bits per heavy atom. The van der Waals surface area contributed by atoms with Gasteiger partial charge in [-0.1, -0.05) is 24.3 Å². The van der Waals surface area contributed by atoms with Crippen molar-refractivity contribution in [3.8, 4) is 0 Å². The molecule has 0 aliphatic carbocycles. The van der Waals surface area contributed by atoms with Gasteiger partial charge in [-0.05, 0) is 24.1 Å². The number of esters is 1. The second-order valence-corrected chi connectivity index (χ2v) is 3.11. The van der Waals surface area contributed by atoms with Gasteiger partial charge in [0, 0.05) is 0 Å². The molecule has 0 heterocycles. The molecule has 1 rings (SSSR count). The summed E-state index contributed by atoms with van der Waals surface area (Å²) in [6.07, 6.45) is 1.17. The lowest BCUT2D eigenvalue weighted by Gasteiger charge is -2.03. The van der Waals surface area contributed by atoms with Gasteiger partial charge in [0.15, 0.2) is 0 Å². The number of hydrogen-bond acceptors (Lipinski definition) is 3. The first-order valence-corrected chi connectivity index (χ1v) is 4.61. The highest BCUT2D eigenvalue weighted by Crippen LogP contribution is 2.06. The summed E-state index contributed by atoms with van der Waals surface area (Å²) in [6.45, 7) is 0.627. The third kappa shape index (κ3) is 4.81. The van der Waals surface area contributed by atoms with Crippen molar-refractivity contribution >= 4 is 18.4 Å². The zero-order chi connectivity index (χ0) is 10.4. The number of nitrogens with two attached hydrogens (primary N) is 1. The average Bonchev–Trinajstić information content (AvgIpc) is 2.19. The minimum atomic E-state index is -0.213. The summed E-state index contributed by atoms with van der Waals surface area (Å²) in [5, 5.41) is 0. The van der Waals surface area contributed by atoms with E-state index in [-0.39, 0.29) is 18.4 Å². The Morgan fingerprint density at radius 1 is 1.40 bits per heavy atom. The fourth-order valence-corrected chi connectivity index (χ4v) is 1.30. The van der Waals surface area contributed by atoms with Crippen molar-refractivity contribution < 1.29 is 9.53 Å². The van der Waals surface area contributed by atoms with Gasteiger partial charge in [0.25, 0.3) is 0 Å². The number of hydrogen-bond donors (Lipinski definition) is 1. The predicted molar refractivity (Wildman–Crippen MR) is 62.2 cm³/mol. The summed E-state index contributed by atoms with van der Waals surface area (Å²) in [6, 6.07) is 7.84. The van der Waals surface area contributed by atoms with Crippen LogP contribution in [0.2, 0.25) is 0 Å². The van der Waals surface area contributed by atoms with E-state index in [1.165, 1.54) is 7.11 Å². The first-order valence-electron chi connectivity index (χ1n) is 4.61. The van der Waals surface area contributed by atoms with Crippen LogP contribution in [0.5, 0.6) is 0 Å². The molecule has 1 aromatic rings. The molecule has 2 N–H and O–H groups in total. The second kappa shape index (κ2) is 7.26. The molecule has 3 nitrogen and oxygen atoms in total. The molecule has 0 aromatic heterocycles. The van der Waals surface area contributed by atoms with E-state index in [0.717, 1.165) is 17.5 Å². The van der Waals surface area contributed by atoms with E-state index >= 15 is 0 Å². The fourth-order valence-electron chi connectivity index (χ4n) is 1.30. The molecular weight excluding hydrogens is 214 g/mol. The van der Waals surface area contributed by atoms with Crippen LogP contribution < -0.4 is 5.73 Å². The normalized spacial score (nSPS) is 9.20. The average molecular weight is 230 g/mol. The molecule has 0 saturated carbocycles. The van der Waals surface area contributed by atoms with Crippen molar-refractivity contribution in [1.29, 1.82) is 0 Å². The third-order valence-electron chi connectivity index (χ3n) is 2.00. The summed E-state index contributed by atoms with van der Waals surface area (Å²) < 4.78 is 4.59. The molecule has 0 aliphatic heterocycles. The summed E-state index contributed by atoms with van der Waals surface area (Å²) >= 11 is 0. The highest BCUT2D eigenvalue weighted by molar-refractivity contribution is 5.85. The molecule has 4 heteroatoms. The van der Waals surface area contributed by atoms with Gasteiger partial charge in [0.1, 0.15) is 0 Å². The zero-order valence-electron chi connectivity index (χ0n) is 8.73. The molecule has 0 spiro atoms. The molecule has 1 aromatic carbocycles. The highest BCUT2D eigenvalue weighted by Gasteiger charge is 2.02. The zero-order valence-corrected chi connectivity index (χ0v) is 9.55. The first kappa shape index (κ1) is 13.9. The van der Waals surface area contributed by atoms with Crippen molar-refractivity contribution in [2.75, 3.05) is 13.7 Å². The van der Waals surface area contributed by atoms with E-state index in [1.54, 1.807) is 0 Å². The summed E-state index contributed by atoms with van der Waals surface area (Å²) in [5.41, 5.74) is 7.58. The lowest BCUT2D eigenvalue weighted by molar-refractivity contribution is -0.139. The van der Waals surface area contributed by atoms with Crippen molar-refractivity contribution in [2.45, 2.75) is 12.8 Å². The van der Waals surface area contributed by atoms with Crippen LogP contribution in [0.1, 0.15) is 11.1 Å². The molecule has 84 valence electrons. The number of halogens is 1. The highest BCUT2D eigenvalue weighted by atomic mass is 35.5. The molecule has 0 atom stereocenters. The molecule has 0 aliphatic rings. The fraction of sp³-hybridized carbons (Fsp3) is 0.364. The molecule has 0 unspecified atom stereocenters. The Hall–Kier alpha value is -1.06. The van der Waals surface area contributed by atoms with Crippen LogP contribution in [0.15, 0.2) is 24.3 Å². The van der Waals surface area contributed by atoms with Gasteiger partial charge in [-0.15, -0.1) is 12.4 Å². The van der Waals surface area contributed by atoms with Gasteiger partial charge in [0.2, 0.25) is 0 Å². The molecule has 0 bridgehead atoms. The van der Waals surface area contributed by atoms with Crippen LogP contribution in [0, 0.1) is 0 Å². The number of carbonyl (C=O) groups excluding carboxylic acids is 1. The minimum Gasteiger partial charge on any atom is -0.469 e. The number of rotatable bonds is 4. The summed E-state index contributed by atoms with van der Waals surface area (Å²) in [7, 11) is 1.39. The molecule has 0 radical (unpaired) electrons. The standard InChI is InChI=1S/C11H15NO2.ClH/c1-14-11(13)8-10-4-2-3-9(7-10)5-6-12;/h2-4,7H,5-6,8,12H2,1H3;1H. The van der Waals surface area contributed by atoms with Crippen molar-refractivity contribution in [1.82, 2.24) is 0 Å². The lowest BCUT2D eigenvalue weighted by atomic mass is 10.1. The Labute approximate surface area is 96.0 Å². The van der Waals surface area contributed by atoms with E-state index in [9.17, 15) is 4.79 Å². The van der Waals surface area contributed by atoms with Crippen LogP contribution in [-0.4, -0.2) is 19.6 Å². The number of ether oxygens (including phenoxy) is 1. The largest absolute Gasteiger partial charge is 0.469 e. The van der Waals surface area contributed by atoms with Crippen molar-refractivity contribution in [3.63, 3.8) is 0 Å². The van der Waals surface area contributed by atoms with Gasteiger partial charge in [-0.25, -0.2) is 0 Å². The van der Waals surface area contributed by atoms with E-state index in [1.807, 2.05) is 24.3 Å². The first-order chi connectivity index (χ1) is 6.76. The molecule has 0 amide bonds. The van der Waals surface area contributed by atoms with E-state index < -0.39 is 0 Å². The third-order valence-corrected chi connectivity index (χ3v) is 2.00. The van der Waals surface area contributed by atoms with Gasteiger partial charge < -0.3 is 10.5 Å². The topological polar surface area (TPSA) is 52.3 Å². The predicted octanol–water partition coefficient (Wildman–Crippen LogP) is 1.33. The molecular formula is C11H16ClNO2. The van der Waals surface area contributed by atoms with Crippen LogP contribution in [-0.2, 0) is 22.4 Å². The smallest absolute Gasteiger partial charge is 0.309 e. The lowest BCUT2D eigenvalue weighted by Crippen LogP contribution is -2.06. The molecule has 15 heavy (non-hydrogen) atoms. The van der Waals surface area contributed by atoms with Crippen LogP contribution in [0.4, 0.5) is 0 Å². The summed E-state index contributed by atoms with van der Waals surface area (Å²) in [4.78, 5) is 11.0. The van der Waals surface area contributed by atoms with E-state index in [0.29, 0.717) is 13.0 Å². The Kier molecular flexibility index (Phi) is 6.75. The minimum absolute atomic E-state index is 0. The SMILES string of the molecule is COC(=O)Cc1cccc(CCN)c1.Cl. The maximum absolute atomic E-state index is 11.0. The van der Waals surface area contributed by atoms with E-state index in [4.69, 9.17) is 5.73 Å². The molecule has 0 fully saturated rings. The van der Waals surface area contributed by atoms with Crippen LogP contribution >= 0.6 is 12.4 Å². The number of benzene rings is 1. The van der Waals surface area contributed by atoms with Crippen molar-refractivity contribution in [2.24, 2.45) is 5.73 Å². The second-order valence-electron chi connectivity index (χ2n) is 3.11. The Bertz CT molecular complexity index is 315. The monoisotopic (exact) mass is 229 g/mol. The molecule has 0 saturated heterocycles. The van der Waals surface area contributed by atoms with Gasteiger partial charge in [-0.2, -0.15) is 0 Å².